The van der Waals surface area contributed by atoms with E-state index in [1.807, 2.05) is 60.7 Å². The van der Waals surface area contributed by atoms with E-state index < -0.39 is 5.41 Å². The van der Waals surface area contributed by atoms with Gasteiger partial charge in [-0.25, -0.2) is 0 Å². The van der Waals surface area contributed by atoms with Crippen LogP contribution in [0.15, 0.2) is 115 Å². The van der Waals surface area contributed by atoms with Gasteiger partial charge in [0.05, 0.1) is 0 Å². The summed E-state index contributed by atoms with van der Waals surface area (Å²) >= 11 is 0. The summed E-state index contributed by atoms with van der Waals surface area (Å²) in [6.07, 6.45) is 5.13. The first-order chi connectivity index (χ1) is 21.1. The van der Waals surface area contributed by atoms with Crippen LogP contribution in [0, 0.1) is 5.92 Å². The average molecular weight is 572 g/mol. The number of hydrogen-bond acceptors (Lipinski definition) is 3. The number of rotatable bonds is 11. The zero-order chi connectivity index (χ0) is 29.5. The van der Waals surface area contributed by atoms with E-state index in [-0.39, 0.29) is 17.7 Å². The van der Waals surface area contributed by atoms with Crippen molar-refractivity contribution in [3.8, 4) is 0 Å². The summed E-state index contributed by atoms with van der Waals surface area (Å²) in [4.78, 5) is 29.0. The van der Waals surface area contributed by atoms with Gasteiger partial charge in [0.2, 0.25) is 11.8 Å². The van der Waals surface area contributed by atoms with Crippen LogP contribution in [0.25, 0.3) is 0 Å². The molecule has 4 aromatic carbocycles. The minimum Gasteiger partial charge on any atom is -0.355 e. The maximum absolute atomic E-state index is 14.3. The Hall–Kier alpha value is -4.22. The topological polar surface area (TPSA) is 61.4 Å². The SMILES string of the molecule is O=C(Nc1cccc(C2CCN(CCCNC(=O)C(c3ccccc3)(c3ccccc3)c3ccccc3)CC2)c1)C1CC1. The van der Waals surface area contributed by atoms with Crippen LogP contribution in [-0.4, -0.2) is 42.9 Å². The van der Waals surface area contributed by atoms with E-state index in [4.69, 9.17) is 0 Å². The lowest BCUT2D eigenvalue weighted by Crippen LogP contribution is -2.47. The zero-order valence-corrected chi connectivity index (χ0v) is 24.8. The Morgan fingerprint density at radius 2 is 1.26 bits per heavy atom. The van der Waals surface area contributed by atoms with Crippen molar-refractivity contribution in [2.75, 3.05) is 31.5 Å². The van der Waals surface area contributed by atoms with Gasteiger partial charge in [0.1, 0.15) is 5.41 Å². The third-order valence-corrected chi connectivity index (χ3v) is 9.06. The number of benzene rings is 4. The molecule has 0 unspecified atom stereocenters. The smallest absolute Gasteiger partial charge is 0.239 e. The summed E-state index contributed by atoms with van der Waals surface area (Å²) in [5.74, 6) is 0.885. The predicted octanol–water partition coefficient (Wildman–Crippen LogP) is 6.76. The van der Waals surface area contributed by atoms with E-state index in [2.05, 4.69) is 70.1 Å². The molecule has 0 spiro atoms. The van der Waals surface area contributed by atoms with Crippen molar-refractivity contribution in [2.24, 2.45) is 5.92 Å². The lowest BCUT2D eigenvalue weighted by molar-refractivity contribution is -0.124. The molecule has 2 amide bonds. The Kier molecular flexibility index (Phi) is 8.99. The molecule has 2 N–H and O–H groups in total. The van der Waals surface area contributed by atoms with Crippen LogP contribution in [0.2, 0.25) is 0 Å². The number of nitrogens with zero attached hydrogens (tertiary/aromatic N) is 1. The van der Waals surface area contributed by atoms with Gasteiger partial charge in [0.15, 0.2) is 0 Å². The number of carbonyl (C=O) groups excluding carboxylic acids is 2. The highest BCUT2D eigenvalue weighted by Crippen LogP contribution is 2.39. The van der Waals surface area contributed by atoms with Crippen molar-refractivity contribution < 1.29 is 9.59 Å². The van der Waals surface area contributed by atoms with Gasteiger partial charge in [-0.3, -0.25) is 9.59 Å². The summed E-state index contributed by atoms with van der Waals surface area (Å²) in [6, 6.07) is 38.8. The number of carbonyl (C=O) groups is 2. The fourth-order valence-corrected chi connectivity index (χ4v) is 6.55. The third-order valence-electron chi connectivity index (χ3n) is 9.06. The molecule has 0 aromatic heterocycles. The average Bonchev–Trinajstić information content (AvgIpc) is 3.92. The second-order valence-corrected chi connectivity index (χ2v) is 12.0. The van der Waals surface area contributed by atoms with E-state index in [1.165, 1.54) is 5.56 Å². The molecule has 5 nitrogen and oxygen atoms in total. The standard InChI is InChI=1S/C38H41N3O2/c42-36(30-20-21-30)40-35-19-10-12-31(28-35)29-22-26-41(27-23-29)25-11-24-39-37(43)38(32-13-4-1-5-14-32,33-15-6-2-7-16-33)34-17-8-3-9-18-34/h1-10,12-19,28-30H,11,20-27H2,(H,39,43)(H,40,42). The number of anilines is 1. The lowest BCUT2D eigenvalue weighted by atomic mass is 9.68. The molecular formula is C38H41N3O2. The summed E-state index contributed by atoms with van der Waals surface area (Å²) in [6.45, 7) is 3.66. The van der Waals surface area contributed by atoms with E-state index in [0.717, 1.165) is 74.1 Å². The van der Waals surface area contributed by atoms with E-state index in [1.54, 1.807) is 0 Å². The summed E-state index contributed by atoms with van der Waals surface area (Å²) in [7, 11) is 0. The van der Waals surface area contributed by atoms with Gasteiger partial charge in [-0.15, -0.1) is 0 Å². The Labute approximate surface area is 255 Å². The molecule has 43 heavy (non-hydrogen) atoms. The highest BCUT2D eigenvalue weighted by Gasteiger charge is 2.43. The highest BCUT2D eigenvalue weighted by atomic mass is 16.2. The van der Waals surface area contributed by atoms with Crippen LogP contribution in [0.1, 0.15) is 60.3 Å². The van der Waals surface area contributed by atoms with Crippen molar-refractivity contribution in [2.45, 2.75) is 43.4 Å². The van der Waals surface area contributed by atoms with Crippen molar-refractivity contribution >= 4 is 17.5 Å². The van der Waals surface area contributed by atoms with Crippen LogP contribution in [0.3, 0.4) is 0 Å². The van der Waals surface area contributed by atoms with Gasteiger partial charge in [-0.2, -0.15) is 0 Å². The second-order valence-electron chi connectivity index (χ2n) is 12.0. The van der Waals surface area contributed by atoms with Crippen molar-refractivity contribution in [3.63, 3.8) is 0 Å². The second kappa shape index (κ2) is 13.4. The number of hydrogen-bond donors (Lipinski definition) is 2. The van der Waals surface area contributed by atoms with Gasteiger partial charge in [-0.1, -0.05) is 103 Å². The first kappa shape index (κ1) is 28.9. The van der Waals surface area contributed by atoms with E-state index in [0.29, 0.717) is 12.5 Å². The fourth-order valence-electron chi connectivity index (χ4n) is 6.55. The molecule has 5 heteroatoms. The molecule has 220 valence electrons. The molecule has 4 aromatic rings. The number of nitrogens with one attached hydrogen (secondary N) is 2. The maximum atomic E-state index is 14.3. The molecule has 2 fully saturated rings. The predicted molar refractivity (Wildman–Crippen MR) is 173 cm³/mol. The summed E-state index contributed by atoms with van der Waals surface area (Å²) in [5.41, 5.74) is 4.19. The summed E-state index contributed by atoms with van der Waals surface area (Å²) < 4.78 is 0. The molecule has 1 heterocycles. The van der Waals surface area contributed by atoms with Crippen LogP contribution >= 0.6 is 0 Å². The minimum atomic E-state index is -0.936. The zero-order valence-electron chi connectivity index (χ0n) is 24.8. The molecule has 1 saturated heterocycles. The Balaban J connectivity index is 1.07. The van der Waals surface area contributed by atoms with E-state index in [9.17, 15) is 9.59 Å². The Bertz CT molecular complexity index is 1400. The van der Waals surface area contributed by atoms with Gasteiger partial charge in [0.25, 0.3) is 0 Å². The third kappa shape index (κ3) is 6.57. The molecule has 6 rings (SSSR count). The first-order valence-corrected chi connectivity index (χ1v) is 15.7. The molecule has 0 bridgehead atoms. The maximum Gasteiger partial charge on any atom is 0.239 e. The Morgan fingerprint density at radius 1 is 0.698 bits per heavy atom. The fraction of sp³-hybridized carbons (Fsp3) is 0.316. The number of amides is 2. The van der Waals surface area contributed by atoms with E-state index >= 15 is 0 Å². The lowest BCUT2D eigenvalue weighted by Gasteiger charge is -2.35. The monoisotopic (exact) mass is 571 g/mol. The molecule has 1 saturated carbocycles. The molecule has 1 aliphatic carbocycles. The Morgan fingerprint density at radius 3 is 1.79 bits per heavy atom. The number of piperidine rings is 1. The van der Waals surface area contributed by atoms with Gasteiger partial charge in [-0.05, 0) is 92.0 Å². The van der Waals surface area contributed by atoms with Crippen molar-refractivity contribution in [1.82, 2.24) is 10.2 Å². The van der Waals surface area contributed by atoms with Crippen LogP contribution in [0.5, 0.6) is 0 Å². The summed E-state index contributed by atoms with van der Waals surface area (Å²) in [5, 5.41) is 6.42. The van der Waals surface area contributed by atoms with Gasteiger partial charge in [0, 0.05) is 18.2 Å². The molecule has 0 radical (unpaired) electrons. The number of likely N-dealkylation sites (tertiary alicyclic amines) is 1. The van der Waals surface area contributed by atoms with Gasteiger partial charge >= 0.3 is 0 Å². The van der Waals surface area contributed by atoms with Crippen LogP contribution in [0.4, 0.5) is 5.69 Å². The molecule has 0 atom stereocenters. The van der Waals surface area contributed by atoms with Crippen LogP contribution in [-0.2, 0) is 15.0 Å². The molecule has 2 aliphatic rings. The quantitative estimate of drug-likeness (QED) is 0.155. The minimum absolute atomic E-state index is 0.00321. The first-order valence-electron chi connectivity index (χ1n) is 15.7. The molecule has 1 aliphatic heterocycles. The van der Waals surface area contributed by atoms with Gasteiger partial charge < -0.3 is 15.5 Å². The molecular weight excluding hydrogens is 530 g/mol. The highest BCUT2D eigenvalue weighted by molar-refractivity contribution is 5.96. The van der Waals surface area contributed by atoms with Crippen molar-refractivity contribution in [3.05, 3.63) is 138 Å². The van der Waals surface area contributed by atoms with Crippen molar-refractivity contribution in [1.29, 1.82) is 0 Å². The van der Waals surface area contributed by atoms with Crippen LogP contribution < -0.4 is 10.6 Å². The largest absolute Gasteiger partial charge is 0.355 e. The normalized spacial score (nSPS) is 16.0.